The predicted molar refractivity (Wildman–Crippen MR) is 129 cm³/mol. The quantitative estimate of drug-likeness (QED) is 0.552. The molecule has 190 valence electrons. The molecule has 0 aromatic heterocycles. The van der Waals surface area contributed by atoms with E-state index >= 15 is 0 Å². The predicted octanol–water partition coefficient (Wildman–Crippen LogP) is 2.48. The summed E-state index contributed by atoms with van der Waals surface area (Å²) in [7, 11) is -2.15. The first-order valence-corrected chi connectivity index (χ1v) is 13.2. The highest BCUT2D eigenvalue weighted by Gasteiger charge is 2.45. The first-order chi connectivity index (χ1) is 16.7. The molecule has 11 heteroatoms. The van der Waals surface area contributed by atoms with E-state index in [0.717, 1.165) is 19.2 Å². The Morgan fingerprint density at radius 3 is 2.57 bits per heavy atom. The van der Waals surface area contributed by atoms with Gasteiger partial charge in [0.2, 0.25) is 15.9 Å². The second-order valence-corrected chi connectivity index (χ2v) is 11.3. The summed E-state index contributed by atoms with van der Waals surface area (Å²) in [6.07, 6.45) is -0.0689. The molecule has 2 aliphatic rings. The topological polar surface area (TPSA) is 79.4 Å². The summed E-state index contributed by atoms with van der Waals surface area (Å²) in [5.41, 5.74) is -1.25. The number of hydrogen-bond acceptors (Lipinski definition) is 6. The highest BCUT2D eigenvalue weighted by molar-refractivity contribution is 7.89. The largest absolute Gasteiger partial charge is 0.490 e. The van der Waals surface area contributed by atoms with Gasteiger partial charge in [-0.15, -0.1) is 0 Å². The van der Waals surface area contributed by atoms with Crippen LogP contribution < -0.4 is 4.74 Å². The van der Waals surface area contributed by atoms with Crippen LogP contribution in [-0.4, -0.2) is 93.6 Å². The molecule has 0 spiro atoms. The number of piperazine rings is 1. The molecule has 35 heavy (non-hydrogen) atoms. The minimum atomic E-state index is -4.15. The number of nitrogens with zero attached hydrogens (tertiary/aromatic N) is 3. The minimum absolute atomic E-state index is 0.0400. The zero-order valence-electron chi connectivity index (χ0n) is 19.5. The molecule has 1 unspecified atom stereocenters. The molecule has 2 aliphatic heterocycles. The van der Waals surface area contributed by atoms with E-state index in [0.29, 0.717) is 23.9 Å². The number of likely N-dealkylation sites (N-methyl/N-ethyl adjacent to an activating group) is 1. The van der Waals surface area contributed by atoms with Gasteiger partial charge in [0.15, 0.2) is 0 Å². The molecular formula is C24H29ClFN3O5S. The second-order valence-electron chi connectivity index (χ2n) is 8.91. The van der Waals surface area contributed by atoms with Crippen LogP contribution in [0.4, 0.5) is 4.39 Å². The summed E-state index contributed by atoms with van der Waals surface area (Å²) in [5.74, 6) is -0.493. The van der Waals surface area contributed by atoms with E-state index in [1.807, 2.05) is 7.05 Å². The van der Waals surface area contributed by atoms with Gasteiger partial charge < -0.3 is 19.3 Å². The lowest BCUT2D eigenvalue weighted by Crippen LogP contribution is -2.59. The van der Waals surface area contributed by atoms with Crippen LogP contribution in [0.25, 0.3) is 0 Å². The number of benzene rings is 2. The molecule has 2 aromatic rings. The van der Waals surface area contributed by atoms with Gasteiger partial charge in [-0.3, -0.25) is 4.79 Å². The van der Waals surface area contributed by atoms with Crippen LogP contribution in [0.1, 0.15) is 6.42 Å². The summed E-state index contributed by atoms with van der Waals surface area (Å²) in [6, 6.07) is 12.1. The molecule has 0 saturated carbocycles. The number of halogens is 2. The summed E-state index contributed by atoms with van der Waals surface area (Å²) in [6.45, 7) is 2.54. The Bertz CT molecular complexity index is 1160. The summed E-state index contributed by atoms with van der Waals surface area (Å²) in [5, 5.41) is 0.485. The van der Waals surface area contributed by atoms with E-state index in [4.69, 9.17) is 21.1 Å². The maximum atomic E-state index is 14.4. The Balaban J connectivity index is 1.58. The number of hydrogen-bond donors (Lipinski definition) is 0. The van der Waals surface area contributed by atoms with Gasteiger partial charge in [0.1, 0.15) is 28.7 Å². The van der Waals surface area contributed by atoms with Crippen molar-refractivity contribution < 1.29 is 27.1 Å². The van der Waals surface area contributed by atoms with Gasteiger partial charge in [-0.2, -0.15) is 4.31 Å². The lowest BCUT2D eigenvalue weighted by molar-refractivity contribution is -0.151. The van der Waals surface area contributed by atoms with Crippen LogP contribution in [0, 0.1) is 5.82 Å². The highest BCUT2D eigenvalue weighted by Crippen LogP contribution is 2.30. The summed E-state index contributed by atoms with van der Waals surface area (Å²) in [4.78, 5) is 16.7. The average molecular weight is 526 g/mol. The van der Waals surface area contributed by atoms with Crippen molar-refractivity contribution in [2.24, 2.45) is 0 Å². The third-order valence-electron chi connectivity index (χ3n) is 6.30. The van der Waals surface area contributed by atoms with Crippen LogP contribution in [0.15, 0.2) is 53.4 Å². The van der Waals surface area contributed by atoms with Crippen LogP contribution >= 0.6 is 11.6 Å². The number of carbonyl (C=O) groups excluding carboxylic acids is 1. The maximum Gasteiger partial charge on any atom is 0.246 e. The fourth-order valence-corrected chi connectivity index (χ4v) is 6.01. The molecule has 2 saturated heterocycles. The lowest BCUT2D eigenvalue weighted by Gasteiger charge is -2.42. The van der Waals surface area contributed by atoms with Crippen molar-refractivity contribution in [1.29, 1.82) is 0 Å². The third kappa shape index (κ3) is 6.13. The molecule has 2 aromatic carbocycles. The van der Waals surface area contributed by atoms with Crippen molar-refractivity contribution in [2.75, 3.05) is 59.5 Å². The van der Waals surface area contributed by atoms with E-state index < -0.39 is 26.3 Å². The van der Waals surface area contributed by atoms with E-state index in [9.17, 15) is 17.6 Å². The molecule has 8 nitrogen and oxygen atoms in total. The van der Waals surface area contributed by atoms with E-state index in [2.05, 4.69) is 4.90 Å². The van der Waals surface area contributed by atoms with Gasteiger partial charge in [-0.25, -0.2) is 12.8 Å². The lowest BCUT2D eigenvalue weighted by atomic mass is 9.97. The molecule has 1 amide bonds. The van der Waals surface area contributed by atoms with Crippen molar-refractivity contribution in [1.82, 2.24) is 14.1 Å². The maximum absolute atomic E-state index is 14.4. The van der Waals surface area contributed by atoms with Gasteiger partial charge >= 0.3 is 0 Å². The van der Waals surface area contributed by atoms with Gasteiger partial charge in [0.25, 0.3) is 0 Å². The molecule has 4 rings (SSSR count). The molecule has 0 N–H and O–H groups in total. The minimum Gasteiger partial charge on any atom is -0.490 e. The smallest absolute Gasteiger partial charge is 0.246 e. The third-order valence-corrected chi connectivity index (χ3v) is 8.41. The van der Waals surface area contributed by atoms with Gasteiger partial charge in [-0.1, -0.05) is 29.8 Å². The second kappa shape index (κ2) is 10.8. The molecule has 0 radical (unpaired) electrons. The Morgan fingerprint density at radius 2 is 1.86 bits per heavy atom. The molecule has 0 aliphatic carbocycles. The van der Waals surface area contributed by atoms with Crippen molar-refractivity contribution >= 4 is 27.5 Å². The molecule has 1 atom stereocenters. The van der Waals surface area contributed by atoms with Crippen LogP contribution in [0.5, 0.6) is 5.75 Å². The Kier molecular flexibility index (Phi) is 7.97. The first kappa shape index (κ1) is 25.8. The molecule has 2 heterocycles. The van der Waals surface area contributed by atoms with Crippen molar-refractivity contribution in [3.63, 3.8) is 0 Å². The first-order valence-electron chi connectivity index (χ1n) is 11.4. The Hall–Kier alpha value is -2.24. The molecular weight excluding hydrogens is 497 g/mol. The van der Waals surface area contributed by atoms with E-state index in [-0.39, 0.29) is 38.6 Å². The van der Waals surface area contributed by atoms with Gasteiger partial charge in [0, 0.05) is 44.3 Å². The van der Waals surface area contributed by atoms with Gasteiger partial charge in [0.05, 0.1) is 13.0 Å². The van der Waals surface area contributed by atoms with E-state index in [1.165, 1.54) is 22.5 Å². The molecule has 2 fully saturated rings. The average Bonchev–Trinajstić information content (AvgIpc) is 2.83. The van der Waals surface area contributed by atoms with Crippen LogP contribution in [0.2, 0.25) is 5.02 Å². The zero-order chi connectivity index (χ0) is 25.1. The van der Waals surface area contributed by atoms with Crippen molar-refractivity contribution in [2.45, 2.75) is 16.9 Å². The Morgan fingerprint density at radius 1 is 1.11 bits per heavy atom. The highest BCUT2D eigenvalue weighted by atomic mass is 35.5. The van der Waals surface area contributed by atoms with E-state index in [1.54, 1.807) is 29.2 Å². The summed E-state index contributed by atoms with van der Waals surface area (Å²) >= 11 is 6.07. The SMILES string of the molecule is CN1CCN(C(=O)CC2(COc3cccc(Cl)c3)CN(S(=O)(=O)c3ccccc3F)CCO2)CC1. The number of sulfonamides is 1. The number of ether oxygens (including phenoxy) is 2. The summed E-state index contributed by atoms with van der Waals surface area (Å²) < 4.78 is 54.2. The monoisotopic (exact) mass is 525 g/mol. The standard InChI is InChI=1S/C24H29ClFN3O5S/c1-27-9-11-28(12-10-27)23(30)16-24(18-33-20-6-4-5-19(25)15-20)17-29(13-14-34-24)35(31,32)22-8-3-2-7-21(22)26/h2-8,15H,9-14,16-18H2,1H3. The number of rotatable bonds is 7. The fraction of sp³-hybridized carbons (Fsp3) is 0.458. The van der Waals surface area contributed by atoms with Crippen molar-refractivity contribution in [3.8, 4) is 5.75 Å². The Labute approximate surface area is 210 Å². The van der Waals surface area contributed by atoms with Gasteiger partial charge in [-0.05, 0) is 37.4 Å². The number of morpholine rings is 1. The van der Waals surface area contributed by atoms with Crippen LogP contribution in [0.3, 0.4) is 0 Å². The van der Waals surface area contributed by atoms with Crippen LogP contribution in [-0.2, 0) is 19.6 Å². The number of amides is 1. The number of carbonyl (C=O) groups is 1. The van der Waals surface area contributed by atoms with Crippen molar-refractivity contribution in [3.05, 3.63) is 59.4 Å². The molecule has 0 bridgehead atoms. The zero-order valence-corrected chi connectivity index (χ0v) is 21.1. The normalized spacial score (nSPS) is 22.2. The fourth-order valence-electron chi connectivity index (χ4n) is 4.27.